The van der Waals surface area contributed by atoms with Gasteiger partial charge in [0.1, 0.15) is 35.3 Å². The van der Waals surface area contributed by atoms with Crippen LogP contribution in [0.5, 0.6) is 11.5 Å². The fourth-order valence-electron chi connectivity index (χ4n) is 9.07. The van der Waals surface area contributed by atoms with E-state index in [9.17, 15) is 24.0 Å². The molecular formula is C46H48ClN9O6. The van der Waals surface area contributed by atoms with Crippen LogP contribution in [0.25, 0.3) is 11.0 Å². The van der Waals surface area contributed by atoms with Gasteiger partial charge in [0.15, 0.2) is 5.78 Å². The van der Waals surface area contributed by atoms with Crippen LogP contribution in [0.1, 0.15) is 81.6 Å². The Labute approximate surface area is 363 Å². The number of para-hydroxylation sites is 1. The summed E-state index contributed by atoms with van der Waals surface area (Å²) in [6.45, 7) is 7.39. The molecule has 9 rings (SSSR count). The van der Waals surface area contributed by atoms with Crippen molar-refractivity contribution in [3.63, 3.8) is 0 Å². The number of aromatic nitrogens is 3. The van der Waals surface area contributed by atoms with E-state index < -0.39 is 29.7 Å². The summed E-state index contributed by atoms with van der Waals surface area (Å²) in [5.41, 5.74) is 2.89. The Kier molecular flexibility index (Phi) is 12.0. The first kappa shape index (κ1) is 41.2. The zero-order valence-corrected chi connectivity index (χ0v) is 35.0. The number of hydrogen-bond acceptors (Lipinski definition) is 12. The van der Waals surface area contributed by atoms with E-state index in [2.05, 4.69) is 40.3 Å². The minimum Gasteiger partial charge on any atom is -0.457 e. The Morgan fingerprint density at radius 3 is 2.39 bits per heavy atom. The number of unbranched alkanes of at least 4 members (excludes halogenated alkanes) is 2. The van der Waals surface area contributed by atoms with Crippen LogP contribution in [0.2, 0.25) is 5.02 Å². The molecule has 4 aliphatic heterocycles. The first-order valence-corrected chi connectivity index (χ1v) is 21.8. The lowest BCUT2D eigenvalue weighted by Crippen LogP contribution is -2.54. The van der Waals surface area contributed by atoms with Gasteiger partial charge in [-0.3, -0.25) is 39.1 Å². The summed E-state index contributed by atoms with van der Waals surface area (Å²) in [5, 5.41) is 6.83. The maximum absolute atomic E-state index is 13.9. The molecule has 1 unspecified atom stereocenters. The largest absolute Gasteiger partial charge is 0.457 e. The molecule has 6 heterocycles. The number of nitrogens with one attached hydrogen (secondary N) is 3. The number of piperazine rings is 1. The molecule has 4 amide bonds. The molecule has 5 aromatic rings. The molecule has 0 spiro atoms. The zero-order valence-electron chi connectivity index (χ0n) is 34.3. The van der Waals surface area contributed by atoms with E-state index in [1.54, 1.807) is 36.5 Å². The van der Waals surface area contributed by atoms with Crippen molar-refractivity contribution in [2.45, 2.75) is 57.0 Å². The van der Waals surface area contributed by atoms with E-state index in [1.165, 1.54) is 6.33 Å². The fraction of sp³-hybridized carbons (Fsp3) is 0.370. The molecular weight excluding hydrogens is 810 g/mol. The molecule has 62 heavy (non-hydrogen) atoms. The van der Waals surface area contributed by atoms with Crippen LogP contribution in [0.4, 0.5) is 11.5 Å². The van der Waals surface area contributed by atoms with Crippen LogP contribution >= 0.6 is 11.6 Å². The number of nitrogens with zero attached hydrogens (tertiary/aromatic N) is 6. The van der Waals surface area contributed by atoms with Gasteiger partial charge in [0.25, 0.3) is 11.8 Å². The monoisotopic (exact) mass is 857 g/mol. The second-order valence-electron chi connectivity index (χ2n) is 16.4. The molecule has 15 nitrogen and oxygen atoms in total. The number of imide groups is 2. The molecule has 0 saturated carbocycles. The highest BCUT2D eigenvalue weighted by molar-refractivity contribution is 6.36. The maximum atomic E-state index is 13.9. The highest BCUT2D eigenvalue weighted by atomic mass is 35.5. The van der Waals surface area contributed by atoms with Crippen molar-refractivity contribution < 1.29 is 28.7 Å². The first-order valence-electron chi connectivity index (χ1n) is 21.4. The number of amides is 4. The third-order valence-electron chi connectivity index (χ3n) is 12.3. The lowest BCUT2D eigenvalue weighted by Gasteiger charge is -2.36. The summed E-state index contributed by atoms with van der Waals surface area (Å²) in [6.07, 6.45) is 8.82. The number of aromatic amines is 1. The predicted octanol–water partition coefficient (Wildman–Crippen LogP) is 5.90. The van der Waals surface area contributed by atoms with Gasteiger partial charge in [0.2, 0.25) is 11.8 Å². The fourth-order valence-corrected chi connectivity index (χ4v) is 9.32. The third-order valence-corrected chi connectivity index (χ3v) is 12.6. The average Bonchev–Trinajstić information content (AvgIpc) is 3.82. The number of rotatable bonds is 14. The van der Waals surface area contributed by atoms with E-state index in [0.29, 0.717) is 55.6 Å². The van der Waals surface area contributed by atoms with Crippen LogP contribution in [-0.4, -0.2) is 124 Å². The van der Waals surface area contributed by atoms with E-state index in [1.807, 2.05) is 36.4 Å². The minimum atomic E-state index is -0.972. The molecule has 16 heteroatoms. The Balaban J connectivity index is 0.727. The first-order chi connectivity index (χ1) is 30.2. The van der Waals surface area contributed by atoms with Crippen molar-refractivity contribution in [1.82, 2.24) is 35.0 Å². The van der Waals surface area contributed by atoms with Crippen molar-refractivity contribution >= 4 is 63.6 Å². The van der Waals surface area contributed by atoms with Gasteiger partial charge in [-0.05, 0) is 94.2 Å². The number of hydrogen-bond donors (Lipinski definition) is 3. The molecule has 0 radical (unpaired) electrons. The Bertz CT molecular complexity index is 2520. The van der Waals surface area contributed by atoms with Crippen LogP contribution in [-0.2, 0) is 9.59 Å². The van der Waals surface area contributed by atoms with Gasteiger partial charge in [-0.25, -0.2) is 9.97 Å². The second-order valence-corrected chi connectivity index (χ2v) is 16.8. The Hall–Kier alpha value is -6.16. The Morgan fingerprint density at radius 1 is 0.806 bits per heavy atom. The maximum Gasteiger partial charge on any atom is 0.262 e. The number of carbonyl (C=O) groups excluding carboxylic acids is 5. The molecule has 4 aliphatic rings. The Morgan fingerprint density at radius 2 is 1.60 bits per heavy atom. The number of carbonyl (C=O) groups is 5. The third kappa shape index (κ3) is 8.65. The summed E-state index contributed by atoms with van der Waals surface area (Å²) in [4.78, 5) is 84.8. The lowest BCUT2D eigenvalue weighted by molar-refractivity contribution is -0.136. The van der Waals surface area contributed by atoms with E-state index in [0.717, 1.165) is 95.0 Å². The van der Waals surface area contributed by atoms with Gasteiger partial charge in [0.05, 0.1) is 27.1 Å². The molecule has 3 aromatic carbocycles. The van der Waals surface area contributed by atoms with Gasteiger partial charge in [-0.1, -0.05) is 36.2 Å². The van der Waals surface area contributed by atoms with Crippen LogP contribution in [0.15, 0.2) is 79.3 Å². The number of anilines is 2. The molecule has 0 aliphatic carbocycles. The number of halogens is 1. The molecule has 3 fully saturated rings. The molecule has 320 valence electrons. The summed E-state index contributed by atoms with van der Waals surface area (Å²) in [5.74, 6) is -0.352. The quantitative estimate of drug-likeness (QED) is 0.0687. The highest BCUT2D eigenvalue weighted by Gasteiger charge is 2.45. The molecule has 3 saturated heterocycles. The van der Waals surface area contributed by atoms with E-state index in [-0.39, 0.29) is 24.7 Å². The second kappa shape index (κ2) is 18.1. The number of benzene rings is 3. The van der Waals surface area contributed by atoms with Crippen molar-refractivity contribution in [2.75, 3.05) is 62.6 Å². The SMILES string of the molecule is O=C1CCC(N2C(=O)c3ccc(N4CCN(CCCCCN5CCC[C@@H](Nc6ncnc7[nH]cc(C(=O)c8ccc(Oc9ccccc9)cc8Cl)c67)C5)CC4)cc3C2=O)C(=O)N1. The van der Waals surface area contributed by atoms with Gasteiger partial charge in [0, 0.05) is 68.7 Å². The van der Waals surface area contributed by atoms with E-state index >= 15 is 0 Å². The number of ether oxygens (including phenoxy) is 1. The number of H-pyrrole nitrogens is 1. The predicted molar refractivity (Wildman–Crippen MR) is 234 cm³/mol. The van der Waals surface area contributed by atoms with E-state index in [4.69, 9.17) is 16.3 Å². The van der Waals surface area contributed by atoms with Crippen LogP contribution < -0.4 is 20.3 Å². The summed E-state index contributed by atoms with van der Waals surface area (Å²) in [6, 6.07) is 19.0. The summed E-state index contributed by atoms with van der Waals surface area (Å²) in [7, 11) is 0. The number of piperidine rings is 2. The number of likely N-dealkylation sites (tertiary alicyclic amines) is 1. The number of fused-ring (bicyclic) bond motifs is 2. The van der Waals surface area contributed by atoms with Crippen molar-refractivity contribution in [2.24, 2.45) is 0 Å². The molecule has 0 bridgehead atoms. The van der Waals surface area contributed by atoms with Gasteiger partial charge >= 0.3 is 0 Å². The van der Waals surface area contributed by atoms with Gasteiger partial charge in [-0.15, -0.1) is 0 Å². The van der Waals surface area contributed by atoms with Crippen LogP contribution in [0.3, 0.4) is 0 Å². The zero-order chi connectivity index (χ0) is 42.7. The van der Waals surface area contributed by atoms with Crippen molar-refractivity contribution in [3.8, 4) is 11.5 Å². The highest BCUT2D eigenvalue weighted by Crippen LogP contribution is 2.33. The molecule has 3 N–H and O–H groups in total. The molecule has 2 atom stereocenters. The average molecular weight is 858 g/mol. The standard InChI is InChI=1S/C46H48ClN9O6/c47-37-25-32(62-31-9-3-1-4-10-31)12-14-34(37)41(58)36-26-48-42-40(36)43(50-28-49-42)51-29-8-7-19-54(27-29)18-6-2-5-17-53-20-22-55(23-21-53)30-11-13-33-35(24-30)46(61)56(45(33)60)38-15-16-39(57)52-44(38)59/h1,3-4,9-14,24-26,28-29,38H,2,5-8,15-23,27H2,(H,52,57,59)(H2,48,49,50,51)/t29-,38?/m1/s1. The van der Waals surface area contributed by atoms with Crippen molar-refractivity contribution in [1.29, 1.82) is 0 Å². The molecule has 2 aromatic heterocycles. The lowest BCUT2D eigenvalue weighted by atomic mass is 10.0. The number of ketones is 1. The summed E-state index contributed by atoms with van der Waals surface area (Å²) < 4.78 is 5.91. The summed E-state index contributed by atoms with van der Waals surface area (Å²) >= 11 is 6.65. The van der Waals surface area contributed by atoms with Crippen molar-refractivity contribution in [3.05, 3.63) is 107 Å². The minimum absolute atomic E-state index is 0.0921. The smallest absolute Gasteiger partial charge is 0.262 e. The van der Waals surface area contributed by atoms with Gasteiger partial charge < -0.3 is 24.8 Å². The van der Waals surface area contributed by atoms with Crippen LogP contribution in [0, 0.1) is 0 Å². The topological polar surface area (TPSA) is 173 Å². The normalized spacial score (nSPS) is 19.8. The van der Waals surface area contributed by atoms with Gasteiger partial charge in [-0.2, -0.15) is 0 Å².